The van der Waals surface area contributed by atoms with E-state index in [1.807, 2.05) is 0 Å². The number of hydrogen-bond acceptors (Lipinski definition) is 8. The van der Waals surface area contributed by atoms with Crippen molar-refractivity contribution in [3.63, 3.8) is 0 Å². The number of carboxylic acid groups (broad SMARTS) is 1. The van der Waals surface area contributed by atoms with Gasteiger partial charge >= 0.3 is 5.97 Å². The Morgan fingerprint density at radius 2 is 2.11 bits per heavy atom. The largest absolute Gasteiger partial charge is 0.550 e. The molecule has 1 saturated heterocycles. The van der Waals surface area contributed by atoms with Gasteiger partial charge in [0.25, 0.3) is 5.91 Å². The molecule has 1 amide bonds. The summed E-state index contributed by atoms with van der Waals surface area (Å²) in [5.41, 5.74) is 0.665. The van der Waals surface area contributed by atoms with Crippen molar-refractivity contribution < 1.29 is 29.0 Å². The molecule has 1 heterocycles. The van der Waals surface area contributed by atoms with Gasteiger partial charge < -0.3 is 19.4 Å². The van der Waals surface area contributed by atoms with Gasteiger partial charge in [-0.3, -0.25) is 14.5 Å². The van der Waals surface area contributed by atoms with E-state index in [1.165, 1.54) is 12.0 Å². The Morgan fingerprint density at radius 3 is 2.74 bits per heavy atom. The van der Waals surface area contributed by atoms with E-state index in [9.17, 15) is 19.5 Å². The first-order valence-electron chi connectivity index (χ1n) is 8.24. The summed E-state index contributed by atoms with van der Waals surface area (Å²) < 4.78 is 10.9. The lowest BCUT2D eigenvalue weighted by Gasteiger charge is -2.14. The minimum absolute atomic E-state index is 0.0241. The zero-order valence-corrected chi connectivity index (χ0v) is 16.1. The van der Waals surface area contributed by atoms with Crippen LogP contribution in [0, 0.1) is 5.92 Å². The maximum Gasteiger partial charge on any atom is 0.314 e. The number of rotatable bonds is 7. The van der Waals surface area contributed by atoms with Crippen molar-refractivity contribution in [1.82, 2.24) is 4.90 Å². The molecule has 1 aliphatic carbocycles. The number of carbonyl (C=O) groups is 3. The van der Waals surface area contributed by atoms with Crippen LogP contribution in [0.25, 0.3) is 6.08 Å². The highest BCUT2D eigenvalue weighted by atomic mass is 32.2. The number of nitrogens with zero attached hydrogens (tertiary/aromatic N) is 1. The quantitative estimate of drug-likeness (QED) is 0.290. The van der Waals surface area contributed by atoms with Gasteiger partial charge in [0.1, 0.15) is 4.32 Å². The number of esters is 1. The summed E-state index contributed by atoms with van der Waals surface area (Å²) in [5, 5.41) is 10.6. The van der Waals surface area contributed by atoms with Crippen molar-refractivity contribution in [2.24, 2.45) is 5.92 Å². The molecule has 0 N–H and O–H groups in total. The van der Waals surface area contributed by atoms with E-state index in [0.717, 1.165) is 24.6 Å². The molecule has 27 heavy (non-hydrogen) atoms. The van der Waals surface area contributed by atoms with E-state index in [2.05, 4.69) is 0 Å². The number of thioether (sulfide) groups is 1. The van der Waals surface area contributed by atoms with Crippen LogP contribution < -0.4 is 14.6 Å². The normalized spacial score (nSPS) is 18.1. The average molecular weight is 406 g/mol. The van der Waals surface area contributed by atoms with Gasteiger partial charge in [-0.25, -0.2) is 0 Å². The third kappa shape index (κ3) is 4.67. The van der Waals surface area contributed by atoms with Gasteiger partial charge in [-0.05, 0) is 36.6 Å². The van der Waals surface area contributed by atoms with E-state index in [0.29, 0.717) is 26.3 Å². The topological polar surface area (TPSA) is 96.0 Å². The molecule has 142 valence electrons. The number of benzene rings is 1. The van der Waals surface area contributed by atoms with Crippen LogP contribution in [0.3, 0.4) is 0 Å². The molecule has 2 fully saturated rings. The van der Waals surface area contributed by atoms with Gasteiger partial charge in [0.2, 0.25) is 0 Å². The molecule has 2 aliphatic rings. The molecule has 0 radical (unpaired) electrons. The summed E-state index contributed by atoms with van der Waals surface area (Å²) in [6, 6.07) is 4.97. The Kier molecular flexibility index (Phi) is 5.81. The van der Waals surface area contributed by atoms with Crippen LogP contribution in [-0.4, -0.2) is 40.7 Å². The number of carbonyl (C=O) groups excluding carboxylic acids is 3. The minimum atomic E-state index is -1.24. The molecule has 1 saturated carbocycles. The van der Waals surface area contributed by atoms with Crippen LogP contribution in [0.4, 0.5) is 0 Å². The third-order valence-corrected chi connectivity index (χ3v) is 5.40. The van der Waals surface area contributed by atoms with Crippen molar-refractivity contribution in [1.29, 1.82) is 0 Å². The lowest BCUT2D eigenvalue weighted by atomic mass is 10.2. The molecule has 0 spiro atoms. The summed E-state index contributed by atoms with van der Waals surface area (Å²) in [6.07, 6.45) is 3.04. The molecule has 3 rings (SSSR count). The lowest BCUT2D eigenvalue weighted by molar-refractivity contribution is -0.305. The first-order chi connectivity index (χ1) is 12.9. The van der Waals surface area contributed by atoms with Gasteiger partial charge in [-0.1, -0.05) is 30.0 Å². The number of carboxylic acids is 1. The molecule has 0 bridgehead atoms. The molecule has 7 nitrogen and oxygen atoms in total. The summed E-state index contributed by atoms with van der Waals surface area (Å²) in [7, 11) is 1.47. The van der Waals surface area contributed by atoms with Gasteiger partial charge in [-0.2, -0.15) is 0 Å². The monoisotopic (exact) mass is 406 g/mol. The van der Waals surface area contributed by atoms with Gasteiger partial charge in [0.05, 0.1) is 17.9 Å². The Labute approximate surface area is 165 Å². The molecular formula is C18H16NO6S2-. The van der Waals surface area contributed by atoms with Gasteiger partial charge in [0, 0.05) is 18.9 Å². The molecule has 0 aromatic heterocycles. The van der Waals surface area contributed by atoms with Crippen LogP contribution >= 0.6 is 24.0 Å². The van der Waals surface area contributed by atoms with Crippen LogP contribution in [0.2, 0.25) is 0 Å². The van der Waals surface area contributed by atoms with Crippen LogP contribution in [-0.2, 0) is 14.4 Å². The summed E-state index contributed by atoms with van der Waals surface area (Å²) >= 11 is 6.24. The second kappa shape index (κ2) is 8.10. The van der Waals surface area contributed by atoms with Crippen molar-refractivity contribution in [2.45, 2.75) is 19.3 Å². The van der Waals surface area contributed by atoms with Crippen molar-refractivity contribution in [3.05, 3.63) is 28.7 Å². The highest BCUT2D eigenvalue weighted by molar-refractivity contribution is 8.26. The van der Waals surface area contributed by atoms with Crippen LogP contribution in [0.1, 0.15) is 24.8 Å². The van der Waals surface area contributed by atoms with E-state index >= 15 is 0 Å². The molecule has 9 heteroatoms. The minimum Gasteiger partial charge on any atom is -0.550 e. The van der Waals surface area contributed by atoms with Crippen molar-refractivity contribution in [2.75, 3.05) is 13.7 Å². The molecule has 1 aromatic rings. The zero-order valence-electron chi connectivity index (χ0n) is 14.4. The predicted octanol–water partition coefficient (Wildman–Crippen LogP) is 1.35. The van der Waals surface area contributed by atoms with E-state index in [1.54, 1.807) is 24.3 Å². The van der Waals surface area contributed by atoms with Crippen LogP contribution in [0.15, 0.2) is 23.1 Å². The fourth-order valence-electron chi connectivity index (χ4n) is 2.42. The number of hydrogen-bond donors (Lipinski definition) is 0. The maximum absolute atomic E-state index is 12.4. The number of ether oxygens (including phenoxy) is 2. The summed E-state index contributed by atoms with van der Waals surface area (Å²) in [6.45, 7) is -0.0241. The molecular weight excluding hydrogens is 390 g/mol. The smallest absolute Gasteiger partial charge is 0.314 e. The maximum atomic E-state index is 12.4. The second-order valence-electron chi connectivity index (χ2n) is 6.06. The fourth-order valence-corrected chi connectivity index (χ4v) is 3.72. The van der Waals surface area contributed by atoms with Gasteiger partial charge in [-0.15, -0.1) is 0 Å². The van der Waals surface area contributed by atoms with Crippen molar-refractivity contribution in [3.8, 4) is 11.5 Å². The molecule has 1 aromatic carbocycles. The Balaban J connectivity index is 1.76. The second-order valence-corrected chi connectivity index (χ2v) is 7.74. The van der Waals surface area contributed by atoms with Crippen molar-refractivity contribution >= 4 is 52.2 Å². The number of methoxy groups -OCH3 is 1. The van der Waals surface area contributed by atoms with E-state index in [4.69, 9.17) is 21.7 Å². The standard InChI is InChI=1S/C18H17NO6S2/c1-24-13-8-10(2-5-12(13)25-17(23)11-3-4-11)9-14-16(22)19(18(26)27-14)7-6-15(20)21/h2,5,8-9,11H,3-4,6-7H2,1H3,(H,20,21)/p-1/b14-9-. The Bertz CT molecular complexity index is 846. The molecule has 0 atom stereocenters. The van der Waals surface area contributed by atoms with Gasteiger partial charge in [0.15, 0.2) is 11.5 Å². The molecule has 0 unspecified atom stereocenters. The number of aliphatic carboxylic acids is 1. The predicted molar refractivity (Wildman–Crippen MR) is 101 cm³/mol. The number of thiocarbonyl (C=S) groups is 1. The lowest BCUT2D eigenvalue weighted by Crippen LogP contribution is -2.33. The SMILES string of the molecule is COc1cc(/C=C2\SC(=S)N(CCC(=O)[O-])C2=O)ccc1OC(=O)C1CC1. The average Bonchev–Trinajstić information content (AvgIpc) is 3.43. The zero-order chi connectivity index (χ0) is 19.6. The van der Waals surface area contributed by atoms with E-state index < -0.39 is 5.97 Å². The third-order valence-electron chi connectivity index (χ3n) is 4.02. The highest BCUT2D eigenvalue weighted by Gasteiger charge is 2.33. The Hall–Kier alpha value is -2.39. The van der Waals surface area contributed by atoms with E-state index in [-0.39, 0.29) is 30.8 Å². The Morgan fingerprint density at radius 1 is 1.37 bits per heavy atom. The first-order valence-corrected chi connectivity index (χ1v) is 9.46. The summed E-state index contributed by atoms with van der Waals surface area (Å²) in [5.74, 6) is -1.19. The fraction of sp³-hybridized carbons (Fsp3) is 0.333. The molecule has 1 aliphatic heterocycles. The summed E-state index contributed by atoms with van der Waals surface area (Å²) in [4.78, 5) is 36.5. The van der Waals surface area contributed by atoms with Crippen LogP contribution in [0.5, 0.6) is 11.5 Å². The number of amides is 1. The first kappa shape index (κ1) is 19.4. The highest BCUT2D eigenvalue weighted by Crippen LogP contribution is 2.36.